The fraction of sp³-hybridized carbons (Fsp3) is 0. The van der Waals surface area contributed by atoms with Gasteiger partial charge in [0.25, 0.3) is 0 Å². The molecule has 0 saturated heterocycles. The zero-order valence-corrected chi connectivity index (χ0v) is 12.7. The van der Waals surface area contributed by atoms with Gasteiger partial charge < -0.3 is 10.2 Å². The minimum Gasteiger partial charge on any atom is -0.506 e. The van der Waals surface area contributed by atoms with Gasteiger partial charge in [0.2, 0.25) is 5.75 Å². The zero-order valence-electron chi connectivity index (χ0n) is 10.3. The van der Waals surface area contributed by atoms with Crippen LogP contribution < -0.4 is 0 Å². The molecule has 108 valence electrons. The van der Waals surface area contributed by atoms with Crippen LogP contribution in [-0.4, -0.2) is 21.4 Å². The molecule has 0 saturated carbocycles. The standard InChI is InChI=1S/C13H8BrClN2O4/c14-8-3-7(13(19)11(4-8)17(20)21)6-16-10-2-1-9(15)5-12(10)18/h1-6,18-19H. The Morgan fingerprint density at radius 1 is 1.29 bits per heavy atom. The summed E-state index contributed by atoms with van der Waals surface area (Å²) in [7, 11) is 0. The van der Waals surface area contributed by atoms with E-state index in [9.17, 15) is 20.3 Å². The average Bonchev–Trinajstić information content (AvgIpc) is 2.40. The number of halogens is 2. The zero-order chi connectivity index (χ0) is 15.6. The minimum absolute atomic E-state index is 0.136. The highest BCUT2D eigenvalue weighted by molar-refractivity contribution is 9.10. The number of benzene rings is 2. The molecule has 8 heteroatoms. The van der Waals surface area contributed by atoms with Crippen molar-refractivity contribution in [3.63, 3.8) is 0 Å². The van der Waals surface area contributed by atoms with Crippen LogP contribution in [-0.2, 0) is 0 Å². The van der Waals surface area contributed by atoms with Gasteiger partial charge in [-0.1, -0.05) is 27.5 Å². The molecule has 0 atom stereocenters. The number of rotatable bonds is 3. The van der Waals surface area contributed by atoms with Crippen molar-refractivity contribution in [3.8, 4) is 11.5 Å². The van der Waals surface area contributed by atoms with Crippen molar-refractivity contribution in [2.24, 2.45) is 4.99 Å². The smallest absolute Gasteiger partial charge is 0.312 e. The minimum atomic E-state index is -0.697. The number of nitro groups is 1. The van der Waals surface area contributed by atoms with Gasteiger partial charge in [0.1, 0.15) is 11.4 Å². The number of hydrogen-bond acceptors (Lipinski definition) is 5. The Hall–Kier alpha value is -2.12. The second kappa shape index (κ2) is 6.11. The van der Waals surface area contributed by atoms with Crippen molar-refractivity contribution in [1.82, 2.24) is 0 Å². The number of nitro benzene ring substituents is 1. The van der Waals surface area contributed by atoms with Crippen molar-refractivity contribution in [2.75, 3.05) is 0 Å². The van der Waals surface area contributed by atoms with Crippen molar-refractivity contribution in [3.05, 3.63) is 55.5 Å². The normalized spacial score (nSPS) is 11.0. The van der Waals surface area contributed by atoms with Crippen LogP contribution in [0.25, 0.3) is 0 Å². The van der Waals surface area contributed by atoms with Gasteiger partial charge in [-0.25, -0.2) is 0 Å². The highest BCUT2D eigenvalue weighted by Crippen LogP contribution is 2.34. The predicted octanol–water partition coefficient (Wildman–Crippen LogP) is 4.17. The monoisotopic (exact) mass is 370 g/mol. The van der Waals surface area contributed by atoms with Gasteiger partial charge in [-0.3, -0.25) is 15.1 Å². The number of phenols is 2. The molecule has 0 aromatic heterocycles. The third-order valence-electron chi connectivity index (χ3n) is 2.56. The molecule has 0 amide bonds. The number of phenolic OH excluding ortho intramolecular Hbond substituents is 2. The van der Waals surface area contributed by atoms with E-state index in [4.69, 9.17) is 11.6 Å². The molecular weight excluding hydrogens is 364 g/mol. The number of nitrogens with zero attached hydrogens (tertiary/aromatic N) is 2. The maximum absolute atomic E-state index is 10.8. The molecule has 0 fully saturated rings. The molecule has 0 aliphatic rings. The van der Waals surface area contributed by atoms with Gasteiger partial charge in [-0.05, 0) is 18.2 Å². The maximum Gasteiger partial charge on any atom is 0.312 e. The summed E-state index contributed by atoms with van der Waals surface area (Å²) in [5.74, 6) is -0.636. The van der Waals surface area contributed by atoms with E-state index in [-0.39, 0.29) is 17.0 Å². The second-order valence-electron chi connectivity index (χ2n) is 4.01. The summed E-state index contributed by atoms with van der Waals surface area (Å²) in [6, 6.07) is 7.00. The molecule has 0 unspecified atom stereocenters. The van der Waals surface area contributed by atoms with E-state index >= 15 is 0 Å². The van der Waals surface area contributed by atoms with Crippen LogP contribution in [0.5, 0.6) is 11.5 Å². The third-order valence-corrected chi connectivity index (χ3v) is 3.25. The molecule has 0 aliphatic heterocycles. The second-order valence-corrected chi connectivity index (χ2v) is 5.36. The van der Waals surface area contributed by atoms with Crippen LogP contribution in [0.4, 0.5) is 11.4 Å². The molecule has 0 radical (unpaired) electrons. The SMILES string of the molecule is O=[N+]([O-])c1cc(Br)cc(C=Nc2ccc(Cl)cc2O)c1O. The summed E-state index contributed by atoms with van der Waals surface area (Å²) in [4.78, 5) is 14.1. The molecule has 2 rings (SSSR count). The van der Waals surface area contributed by atoms with Gasteiger partial charge >= 0.3 is 5.69 Å². The molecule has 6 nitrogen and oxygen atoms in total. The van der Waals surface area contributed by atoms with Gasteiger partial charge in [-0.2, -0.15) is 0 Å². The highest BCUT2D eigenvalue weighted by atomic mass is 79.9. The molecular formula is C13H8BrClN2O4. The lowest BCUT2D eigenvalue weighted by Gasteiger charge is -2.02. The lowest BCUT2D eigenvalue weighted by molar-refractivity contribution is -0.385. The van der Waals surface area contributed by atoms with Gasteiger partial charge in [-0.15, -0.1) is 0 Å². The predicted molar refractivity (Wildman–Crippen MR) is 82.8 cm³/mol. The van der Waals surface area contributed by atoms with Crippen molar-refractivity contribution < 1.29 is 15.1 Å². The quantitative estimate of drug-likeness (QED) is 0.481. The van der Waals surface area contributed by atoms with Gasteiger partial charge in [0.05, 0.1) is 4.92 Å². The van der Waals surface area contributed by atoms with Gasteiger partial charge in [0, 0.05) is 33.4 Å². The summed E-state index contributed by atoms with van der Waals surface area (Å²) in [6.45, 7) is 0. The van der Waals surface area contributed by atoms with Crippen LogP contribution in [0.3, 0.4) is 0 Å². The van der Waals surface area contributed by atoms with Crippen LogP contribution in [0.15, 0.2) is 39.8 Å². The number of aliphatic imine (C=N–C) groups is 1. The van der Waals surface area contributed by atoms with E-state index in [0.717, 1.165) is 0 Å². The number of aromatic hydroxyl groups is 2. The van der Waals surface area contributed by atoms with Crippen LogP contribution in [0.2, 0.25) is 5.02 Å². The Bertz CT molecular complexity index is 749. The molecule has 21 heavy (non-hydrogen) atoms. The molecule has 2 N–H and O–H groups in total. The van der Waals surface area contributed by atoms with Crippen molar-refractivity contribution in [2.45, 2.75) is 0 Å². The lowest BCUT2D eigenvalue weighted by atomic mass is 10.2. The molecule has 0 spiro atoms. The molecule has 2 aromatic rings. The van der Waals surface area contributed by atoms with Crippen molar-refractivity contribution in [1.29, 1.82) is 0 Å². The number of hydrogen-bond donors (Lipinski definition) is 2. The Kier molecular flexibility index (Phi) is 4.44. The first-order chi connectivity index (χ1) is 9.88. The van der Waals surface area contributed by atoms with Crippen LogP contribution in [0, 0.1) is 10.1 Å². The fourth-order valence-electron chi connectivity index (χ4n) is 1.59. The fourth-order valence-corrected chi connectivity index (χ4v) is 2.22. The first-order valence-corrected chi connectivity index (χ1v) is 6.75. The van der Waals surface area contributed by atoms with E-state index < -0.39 is 16.4 Å². The largest absolute Gasteiger partial charge is 0.506 e. The Balaban J connectivity index is 2.43. The first-order valence-electron chi connectivity index (χ1n) is 5.58. The molecule has 0 heterocycles. The summed E-state index contributed by atoms with van der Waals surface area (Å²) in [5, 5.41) is 30.7. The summed E-state index contributed by atoms with van der Waals surface area (Å²) >= 11 is 8.82. The summed E-state index contributed by atoms with van der Waals surface area (Å²) in [6.07, 6.45) is 1.22. The summed E-state index contributed by atoms with van der Waals surface area (Å²) in [5.41, 5.74) is -0.0713. The summed E-state index contributed by atoms with van der Waals surface area (Å²) < 4.78 is 0.425. The van der Waals surface area contributed by atoms with Crippen molar-refractivity contribution >= 4 is 45.1 Å². The van der Waals surface area contributed by atoms with Gasteiger partial charge in [0.15, 0.2) is 0 Å². The first kappa shape index (κ1) is 15.3. The van der Waals surface area contributed by atoms with Crippen LogP contribution in [0.1, 0.15) is 5.56 Å². The van der Waals surface area contributed by atoms with E-state index in [1.165, 1.54) is 36.5 Å². The third kappa shape index (κ3) is 3.50. The Morgan fingerprint density at radius 3 is 2.62 bits per heavy atom. The lowest BCUT2D eigenvalue weighted by Crippen LogP contribution is -1.92. The van der Waals surface area contributed by atoms with E-state index in [1.807, 2.05) is 0 Å². The average molecular weight is 372 g/mol. The van der Waals surface area contributed by atoms with Crippen LogP contribution >= 0.6 is 27.5 Å². The molecule has 0 aliphatic carbocycles. The van der Waals surface area contributed by atoms with E-state index in [2.05, 4.69) is 20.9 Å². The Morgan fingerprint density at radius 2 is 2.00 bits per heavy atom. The maximum atomic E-state index is 10.8. The highest BCUT2D eigenvalue weighted by Gasteiger charge is 2.17. The topological polar surface area (TPSA) is 96.0 Å². The Labute approximate surface area is 132 Å². The van der Waals surface area contributed by atoms with E-state index in [1.54, 1.807) is 0 Å². The molecule has 0 bridgehead atoms. The molecule has 2 aromatic carbocycles. The van der Waals surface area contributed by atoms with E-state index in [0.29, 0.717) is 9.50 Å².